The van der Waals surface area contributed by atoms with Crippen LogP contribution in [0.15, 0.2) is 18.3 Å². The van der Waals surface area contributed by atoms with Crippen molar-refractivity contribution < 1.29 is 0 Å². The molecule has 70 valence electrons. The zero-order chi connectivity index (χ0) is 9.26. The van der Waals surface area contributed by atoms with Gasteiger partial charge in [0.1, 0.15) is 0 Å². The Hall–Kier alpha value is -0.890. The van der Waals surface area contributed by atoms with Crippen molar-refractivity contribution in [1.82, 2.24) is 4.98 Å². The van der Waals surface area contributed by atoms with E-state index in [-0.39, 0.29) is 0 Å². The van der Waals surface area contributed by atoms with Crippen molar-refractivity contribution in [3.8, 4) is 0 Å². The van der Waals surface area contributed by atoms with Gasteiger partial charge in [0.2, 0.25) is 0 Å². The van der Waals surface area contributed by atoms with Gasteiger partial charge < -0.3 is 5.73 Å². The molecule has 2 unspecified atom stereocenters. The largest absolute Gasteiger partial charge is 0.330 e. The number of nitrogens with zero attached hydrogens (tertiary/aromatic N) is 1. The summed E-state index contributed by atoms with van der Waals surface area (Å²) in [5.41, 5.74) is 8.37. The van der Waals surface area contributed by atoms with Gasteiger partial charge in [0.05, 0.1) is 0 Å². The van der Waals surface area contributed by atoms with Gasteiger partial charge in [0.15, 0.2) is 0 Å². The quantitative estimate of drug-likeness (QED) is 0.711. The number of rotatable bonds is 1. The summed E-state index contributed by atoms with van der Waals surface area (Å²) < 4.78 is 0. The molecule has 0 aromatic carbocycles. The first kappa shape index (κ1) is 8.70. The Morgan fingerprint density at radius 3 is 3.15 bits per heavy atom. The van der Waals surface area contributed by atoms with Gasteiger partial charge in [0.25, 0.3) is 0 Å². The monoisotopic (exact) mass is 176 g/mol. The minimum absolute atomic E-state index is 0.493. The molecule has 2 N–H and O–H groups in total. The summed E-state index contributed by atoms with van der Waals surface area (Å²) >= 11 is 0. The van der Waals surface area contributed by atoms with E-state index < -0.39 is 0 Å². The van der Waals surface area contributed by atoms with Crippen molar-refractivity contribution in [2.45, 2.75) is 31.6 Å². The first-order valence-corrected chi connectivity index (χ1v) is 4.97. The van der Waals surface area contributed by atoms with E-state index in [9.17, 15) is 0 Å². The van der Waals surface area contributed by atoms with E-state index in [1.807, 2.05) is 12.3 Å². The highest BCUT2D eigenvalue weighted by molar-refractivity contribution is 5.29. The maximum absolute atomic E-state index is 5.72. The maximum atomic E-state index is 5.72. The van der Waals surface area contributed by atoms with Crippen molar-refractivity contribution >= 4 is 0 Å². The fraction of sp³-hybridized carbons (Fsp3) is 0.545. The molecule has 2 rings (SSSR count). The topological polar surface area (TPSA) is 38.9 Å². The van der Waals surface area contributed by atoms with Crippen molar-refractivity contribution in [1.29, 1.82) is 0 Å². The smallest absolute Gasteiger partial charge is 0.0481 e. The van der Waals surface area contributed by atoms with Crippen molar-refractivity contribution in [3.63, 3.8) is 0 Å². The molecule has 2 heteroatoms. The predicted octanol–water partition coefficient (Wildman–Crippen LogP) is 2.02. The third-order valence-electron chi connectivity index (χ3n) is 3.02. The Bertz CT molecular complexity index is 296. The standard InChI is InChI=1S/C11H16N2/c1-8-4-5-9(7-12)11-10(8)3-2-6-13-11/h2-3,6,8-9H,4-5,7,12H2,1H3. The Morgan fingerprint density at radius 1 is 1.54 bits per heavy atom. The third kappa shape index (κ3) is 1.46. The van der Waals surface area contributed by atoms with Crippen molar-refractivity contribution in [3.05, 3.63) is 29.6 Å². The summed E-state index contributed by atoms with van der Waals surface area (Å²) in [4.78, 5) is 4.44. The Balaban J connectivity index is 2.42. The second-order valence-electron chi connectivity index (χ2n) is 3.89. The number of nitrogens with two attached hydrogens (primary N) is 1. The van der Waals surface area contributed by atoms with E-state index in [1.54, 1.807) is 0 Å². The molecular formula is C11H16N2. The fourth-order valence-corrected chi connectivity index (χ4v) is 2.16. The predicted molar refractivity (Wildman–Crippen MR) is 53.7 cm³/mol. The van der Waals surface area contributed by atoms with Crippen LogP contribution in [0.4, 0.5) is 0 Å². The zero-order valence-electron chi connectivity index (χ0n) is 8.03. The number of hydrogen-bond donors (Lipinski definition) is 1. The van der Waals surface area contributed by atoms with Gasteiger partial charge in [-0.3, -0.25) is 4.98 Å². The van der Waals surface area contributed by atoms with Crippen LogP contribution in [0.1, 0.15) is 42.9 Å². The molecule has 0 amide bonds. The molecule has 0 radical (unpaired) electrons. The lowest BCUT2D eigenvalue weighted by atomic mass is 9.80. The molecule has 2 nitrogen and oxygen atoms in total. The van der Waals surface area contributed by atoms with Gasteiger partial charge in [-0.25, -0.2) is 0 Å². The maximum Gasteiger partial charge on any atom is 0.0481 e. The highest BCUT2D eigenvalue weighted by Crippen LogP contribution is 2.36. The van der Waals surface area contributed by atoms with Crippen LogP contribution in [0, 0.1) is 0 Å². The normalized spacial score (nSPS) is 26.9. The number of fused-ring (bicyclic) bond motifs is 1. The molecule has 1 aromatic heterocycles. The Labute approximate surface area is 79.2 Å². The van der Waals surface area contributed by atoms with Gasteiger partial charge >= 0.3 is 0 Å². The van der Waals surface area contributed by atoms with E-state index in [0.717, 1.165) is 6.54 Å². The SMILES string of the molecule is CC1CCC(CN)c2ncccc21. The van der Waals surface area contributed by atoms with Crippen LogP contribution in [0.25, 0.3) is 0 Å². The fourth-order valence-electron chi connectivity index (χ4n) is 2.16. The summed E-state index contributed by atoms with van der Waals surface area (Å²) in [6, 6.07) is 4.21. The lowest BCUT2D eigenvalue weighted by Gasteiger charge is -2.27. The summed E-state index contributed by atoms with van der Waals surface area (Å²) in [6.45, 7) is 3.00. The second kappa shape index (κ2) is 3.46. The van der Waals surface area contributed by atoms with Crippen molar-refractivity contribution in [2.75, 3.05) is 6.54 Å². The summed E-state index contributed by atoms with van der Waals surface area (Å²) in [5.74, 6) is 1.15. The van der Waals surface area contributed by atoms with Crippen LogP contribution in [0.2, 0.25) is 0 Å². The van der Waals surface area contributed by atoms with Crippen LogP contribution in [0.3, 0.4) is 0 Å². The summed E-state index contributed by atoms with van der Waals surface area (Å²) in [7, 11) is 0. The summed E-state index contributed by atoms with van der Waals surface area (Å²) in [5, 5.41) is 0. The highest BCUT2D eigenvalue weighted by atomic mass is 14.7. The highest BCUT2D eigenvalue weighted by Gasteiger charge is 2.24. The minimum Gasteiger partial charge on any atom is -0.330 e. The van der Waals surface area contributed by atoms with E-state index in [0.29, 0.717) is 11.8 Å². The molecule has 1 heterocycles. The van der Waals surface area contributed by atoms with Crippen LogP contribution in [0.5, 0.6) is 0 Å². The molecule has 2 atom stereocenters. The van der Waals surface area contributed by atoms with Crippen LogP contribution in [-0.2, 0) is 0 Å². The molecule has 0 fully saturated rings. The lowest BCUT2D eigenvalue weighted by Crippen LogP contribution is -2.21. The lowest BCUT2D eigenvalue weighted by molar-refractivity contribution is 0.495. The second-order valence-corrected chi connectivity index (χ2v) is 3.89. The van der Waals surface area contributed by atoms with E-state index >= 15 is 0 Å². The first-order chi connectivity index (χ1) is 6.33. The Morgan fingerprint density at radius 2 is 2.38 bits per heavy atom. The average Bonchev–Trinajstić information content (AvgIpc) is 2.19. The van der Waals surface area contributed by atoms with Crippen LogP contribution < -0.4 is 5.73 Å². The molecule has 1 aliphatic rings. The van der Waals surface area contributed by atoms with E-state index in [2.05, 4.69) is 18.0 Å². The van der Waals surface area contributed by atoms with E-state index in [1.165, 1.54) is 24.1 Å². The number of pyridine rings is 1. The molecular weight excluding hydrogens is 160 g/mol. The van der Waals surface area contributed by atoms with Crippen LogP contribution >= 0.6 is 0 Å². The van der Waals surface area contributed by atoms with Crippen LogP contribution in [-0.4, -0.2) is 11.5 Å². The van der Waals surface area contributed by atoms with Crippen molar-refractivity contribution in [2.24, 2.45) is 5.73 Å². The molecule has 1 aliphatic carbocycles. The molecule has 0 saturated carbocycles. The molecule has 0 aliphatic heterocycles. The van der Waals surface area contributed by atoms with Gasteiger partial charge in [-0.2, -0.15) is 0 Å². The van der Waals surface area contributed by atoms with Gasteiger partial charge in [0, 0.05) is 24.4 Å². The number of hydrogen-bond acceptors (Lipinski definition) is 2. The van der Waals surface area contributed by atoms with E-state index in [4.69, 9.17) is 5.73 Å². The Kier molecular flexibility index (Phi) is 2.32. The van der Waals surface area contributed by atoms with Gasteiger partial charge in [-0.1, -0.05) is 13.0 Å². The van der Waals surface area contributed by atoms with Gasteiger partial charge in [-0.05, 0) is 30.4 Å². The molecule has 13 heavy (non-hydrogen) atoms. The summed E-state index contributed by atoms with van der Waals surface area (Å²) in [6.07, 6.45) is 4.32. The van der Waals surface area contributed by atoms with Gasteiger partial charge in [-0.15, -0.1) is 0 Å². The number of aromatic nitrogens is 1. The first-order valence-electron chi connectivity index (χ1n) is 4.97. The molecule has 0 saturated heterocycles. The molecule has 1 aromatic rings. The zero-order valence-corrected chi connectivity index (χ0v) is 8.03. The molecule has 0 spiro atoms. The molecule has 0 bridgehead atoms. The minimum atomic E-state index is 0.493. The average molecular weight is 176 g/mol. The third-order valence-corrected chi connectivity index (χ3v) is 3.02.